The molecule has 2 aromatic rings. The number of rotatable bonds is 21. The average Bonchev–Trinajstić information content (AvgIpc) is 3.01. The molecule has 0 amide bonds. The van der Waals surface area contributed by atoms with Crippen molar-refractivity contribution in [3.05, 3.63) is 53.8 Å². The summed E-state index contributed by atoms with van der Waals surface area (Å²) >= 11 is 0. The van der Waals surface area contributed by atoms with Crippen molar-refractivity contribution in [3.8, 4) is 17.2 Å². The van der Waals surface area contributed by atoms with E-state index in [2.05, 4.69) is 13.8 Å². The molecule has 1 aliphatic carbocycles. The van der Waals surface area contributed by atoms with Gasteiger partial charge in [0.2, 0.25) is 0 Å². The maximum atomic E-state index is 14.5. The lowest BCUT2D eigenvalue weighted by Crippen LogP contribution is -2.15. The van der Waals surface area contributed by atoms with E-state index >= 15 is 0 Å². The van der Waals surface area contributed by atoms with E-state index < -0.39 is 11.8 Å². The van der Waals surface area contributed by atoms with Gasteiger partial charge in [0.15, 0.2) is 11.6 Å². The highest BCUT2D eigenvalue weighted by atomic mass is 19.1. The summed E-state index contributed by atoms with van der Waals surface area (Å²) in [5, 5.41) is 0. The second kappa shape index (κ2) is 20.4. The van der Waals surface area contributed by atoms with Gasteiger partial charge in [-0.2, -0.15) is 0 Å². The molecule has 0 unspecified atom stereocenters. The standard InChI is InChI=1S/C37H55FO4/c1-3-5-7-9-11-13-27-41-36-26-21-32(29-35(36)38)37(39)42-34-24-22-33(23-25-34)40-28-14-16-31-19-17-30(18-20-31)15-12-10-8-6-4-2/h21-26,29-31H,3-20,27-28H2,1-2H3/t30-,31-. The number of hydrogen-bond donors (Lipinski definition) is 0. The predicted molar refractivity (Wildman–Crippen MR) is 170 cm³/mol. The summed E-state index contributed by atoms with van der Waals surface area (Å²) in [6, 6.07) is 11.3. The minimum Gasteiger partial charge on any atom is -0.494 e. The fourth-order valence-corrected chi connectivity index (χ4v) is 5.99. The molecule has 4 nitrogen and oxygen atoms in total. The highest BCUT2D eigenvalue weighted by Crippen LogP contribution is 2.34. The molecule has 2 aromatic carbocycles. The highest BCUT2D eigenvalue weighted by Gasteiger charge is 2.20. The monoisotopic (exact) mass is 582 g/mol. The van der Waals surface area contributed by atoms with Gasteiger partial charge in [-0.15, -0.1) is 0 Å². The summed E-state index contributed by atoms with van der Waals surface area (Å²) in [5.41, 5.74) is 0.153. The summed E-state index contributed by atoms with van der Waals surface area (Å²) < 4.78 is 31.4. The molecule has 1 aliphatic rings. The molecule has 3 rings (SSSR count). The van der Waals surface area contributed by atoms with E-state index in [1.54, 1.807) is 18.2 Å². The van der Waals surface area contributed by atoms with Crippen LogP contribution >= 0.6 is 0 Å². The molecular formula is C37H55FO4. The lowest BCUT2D eigenvalue weighted by molar-refractivity contribution is 0.0734. The van der Waals surface area contributed by atoms with Gasteiger partial charge in [-0.05, 0) is 73.6 Å². The average molecular weight is 583 g/mol. The number of carbonyl (C=O) groups is 1. The lowest BCUT2D eigenvalue weighted by atomic mass is 9.78. The summed E-state index contributed by atoms with van der Waals surface area (Å²) in [4.78, 5) is 12.6. The van der Waals surface area contributed by atoms with Crippen molar-refractivity contribution in [3.63, 3.8) is 0 Å². The summed E-state index contributed by atoms with van der Waals surface area (Å²) in [6.45, 7) is 5.64. The van der Waals surface area contributed by atoms with Gasteiger partial charge in [-0.3, -0.25) is 0 Å². The number of carbonyl (C=O) groups excluding carboxylic acids is 1. The van der Waals surface area contributed by atoms with E-state index in [-0.39, 0.29) is 11.3 Å². The van der Waals surface area contributed by atoms with E-state index in [0.29, 0.717) is 19.0 Å². The van der Waals surface area contributed by atoms with Gasteiger partial charge >= 0.3 is 5.97 Å². The minimum absolute atomic E-state index is 0.153. The van der Waals surface area contributed by atoms with Crippen molar-refractivity contribution >= 4 is 5.97 Å². The Kier molecular flexibility index (Phi) is 16.5. The Hall–Kier alpha value is -2.56. The Bertz CT molecular complexity index is 997. The number of halogens is 1. The quantitative estimate of drug-likeness (QED) is 0.0834. The Labute approximate surface area is 254 Å². The second-order valence-electron chi connectivity index (χ2n) is 12.2. The molecule has 0 bridgehead atoms. The zero-order chi connectivity index (χ0) is 29.8. The molecule has 0 aliphatic heterocycles. The van der Waals surface area contributed by atoms with Gasteiger partial charge in [-0.1, -0.05) is 110 Å². The zero-order valence-corrected chi connectivity index (χ0v) is 26.3. The molecule has 1 fully saturated rings. The van der Waals surface area contributed by atoms with Crippen molar-refractivity contribution in [2.24, 2.45) is 11.8 Å². The minimum atomic E-state index is -0.601. The van der Waals surface area contributed by atoms with Crippen molar-refractivity contribution in [2.75, 3.05) is 13.2 Å². The van der Waals surface area contributed by atoms with E-state index in [4.69, 9.17) is 14.2 Å². The van der Waals surface area contributed by atoms with Gasteiger partial charge in [0.1, 0.15) is 11.5 Å². The molecule has 0 N–H and O–H groups in total. The van der Waals surface area contributed by atoms with Gasteiger partial charge in [-0.25, -0.2) is 9.18 Å². The van der Waals surface area contributed by atoms with Crippen molar-refractivity contribution < 1.29 is 23.4 Å². The molecule has 5 heteroatoms. The van der Waals surface area contributed by atoms with E-state index in [1.165, 1.54) is 108 Å². The first kappa shape index (κ1) is 33.9. The van der Waals surface area contributed by atoms with Crippen LogP contribution in [0.5, 0.6) is 17.2 Å². The lowest BCUT2D eigenvalue weighted by Gasteiger charge is -2.28. The summed E-state index contributed by atoms with van der Waals surface area (Å²) in [7, 11) is 0. The van der Waals surface area contributed by atoms with Gasteiger partial charge in [0.25, 0.3) is 0 Å². The number of esters is 1. The largest absolute Gasteiger partial charge is 0.494 e. The van der Waals surface area contributed by atoms with Crippen LogP contribution < -0.4 is 14.2 Å². The molecule has 0 saturated heterocycles. The molecule has 0 radical (unpaired) electrons. The van der Waals surface area contributed by atoms with Crippen molar-refractivity contribution in [1.82, 2.24) is 0 Å². The van der Waals surface area contributed by atoms with Crippen LogP contribution in [0.25, 0.3) is 0 Å². The van der Waals surface area contributed by atoms with Gasteiger partial charge in [0, 0.05) is 0 Å². The Morgan fingerprint density at radius 3 is 1.86 bits per heavy atom. The first-order valence-corrected chi connectivity index (χ1v) is 17.0. The maximum Gasteiger partial charge on any atom is 0.343 e. The van der Waals surface area contributed by atoms with Crippen LogP contribution in [0, 0.1) is 17.7 Å². The molecule has 0 atom stereocenters. The van der Waals surface area contributed by atoms with Crippen LogP contribution in [0.2, 0.25) is 0 Å². The first-order valence-electron chi connectivity index (χ1n) is 17.0. The smallest absolute Gasteiger partial charge is 0.343 e. The molecule has 42 heavy (non-hydrogen) atoms. The third-order valence-corrected chi connectivity index (χ3v) is 8.67. The molecule has 0 heterocycles. The first-order chi connectivity index (χ1) is 20.6. The van der Waals surface area contributed by atoms with Crippen LogP contribution in [0.4, 0.5) is 4.39 Å². The number of ether oxygens (including phenoxy) is 3. The summed E-state index contributed by atoms with van der Waals surface area (Å²) in [5.74, 6) is 1.98. The number of hydrogen-bond acceptors (Lipinski definition) is 4. The molecule has 1 saturated carbocycles. The topological polar surface area (TPSA) is 44.8 Å². The Morgan fingerprint density at radius 1 is 0.667 bits per heavy atom. The van der Waals surface area contributed by atoms with Crippen LogP contribution in [0.15, 0.2) is 42.5 Å². The number of benzene rings is 2. The maximum absolute atomic E-state index is 14.5. The normalized spacial score (nSPS) is 16.7. The van der Waals surface area contributed by atoms with Crippen LogP contribution in [0.1, 0.15) is 140 Å². The Balaban J connectivity index is 1.28. The van der Waals surface area contributed by atoms with Crippen molar-refractivity contribution in [2.45, 2.75) is 129 Å². The van der Waals surface area contributed by atoms with E-state index in [9.17, 15) is 9.18 Å². The zero-order valence-electron chi connectivity index (χ0n) is 26.3. The SMILES string of the molecule is CCCCCCCCOc1ccc(C(=O)Oc2ccc(OCCC[C@H]3CC[C@H](CCCCCCC)CC3)cc2)cc1F. The summed E-state index contributed by atoms with van der Waals surface area (Å²) in [6.07, 6.45) is 23.1. The van der Waals surface area contributed by atoms with E-state index in [1.807, 2.05) is 12.1 Å². The van der Waals surface area contributed by atoms with E-state index in [0.717, 1.165) is 36.8 Å². The van der Waals surface area contributed by atoms with Crippen LogP contribution in [-0.2, 0) is 0 Å². The third-order valence-electron chi connectivity index (χ3n) is 8.67. The second-order valence-corrected chi connectivity index (χ2v) is 12.2. The third kappa shape index (κ3) is 13.2. The van der Waals surface area contributed by atoms with Crippen molar-refractivity contribution in [1.29, 1.82) is 0 Å². The fraction of sp³-hybridized carbons (Fsp3) is 0.649. The Morgan fingerprint density at radius 2 is 1.21 bits per heavy atom. The predicted octanol–water partition coefficient (Wildman–Crippen LogP) is 11.1. The molecular weight excluding hydrogens is 527 g/mol. The van der Waals surface area contributed by atoms with Gasteiger partial charge in [0.05, 0.1) is 18.8 Å². The van der Waals surface area contributed by atoms with Crippen LogP contribution in [-0.4, -0.2) is 19.2 Å². The fourth-order valence-electron chi connectivity index (χ4n) is 5.99. The highest BCUT2D eigenvalue weighted by molar-refractivity contribution is 5.91. The molecule has 234 valence electrons. The molecule has 0 spiro atoms. The molecule has 0 aromatic heterocycles. The van der Waals surface area contributed by atoms with Crippen LogP contribution in [0.3, 0.4) is 0 Å². The van der Waals surface area contributed by atoms with Gasteiger partial charge < -0.3 is 14.2 Å². The number of unbranched alkanes of at least 4 members (excludes halogenated alkanes) is 9.